The largest absolute Gasteiger partial charge is 0.394 e. The van der Waals surface area contributed by atoms with Gasteiger partial charge in [0.15, 0.2) is 5.82 Å². The summed E-state index contributed by atoms with van der Waals surface area (Å²) in [6, 6.07) is 0. The van der Waals surface area contributed by atoms with E-state index in [-0.39, 0.29) is 37.4 Å². The summed E-state index contributed by atoms with van der Waals surface area (Å²) in [5, 5.41) is 14.0. The zero-order valence-corrected chi connectivity index (χ0v) is 10.4. The van der Waals surface area contributed by atoms with Crippen molar-refractivity contribution < 1.29 is 14.6 Å². The minimum atomic E-state index is -0.363. The van der Waals surface area contributed by atoms with Crippen LogP contribution in [0.2, 0.25) is 0 Å². The smallest absolute Gasteiger partial charge is 0.277 e. The first-order valence-electron chi connectivity index (χ1n) is 5.71. The van der Waals surface area contributed by atoms with Crippen molar-refractivity contribution in [1.29, 1.82) is 0 Å². The fourth-order valence-corrected chi connectivity index (χ4v) is 1.67. The van der Waals surface area contributed by atoms with Gasteiger partial charge in [-0.2, -0.15) is 4.98 Å². The zero-order chi connectivity index (χ0) is 13.8. The zero-order valence-electron chi connectivity index (χ0n) is 10.4. The number of ether oxygens (including phenoxy) is 1. The van der Waals surface area contributed by atoms with Crippen molar-refractivity contribution in [2.45, 2.75) is 6.92 Å². The average molecular weight is 269 g/mol. The Morgan fingerprint density at radius 2 is 2.42 bits per heavy atom. The maximum atomic E-state index is 11.8. The van der Waals surface area contributed by atoms with Crippen molar-refractivity contribution in [3.63, 3.8) is 0 Å². The van der Waals surface area contributed by atoms with Crippen LogP contribution in [0.4, 0.5) is 17.5 Å². The fourth-order valence-electron chi connectivity index (χ4n) is 1.67. The average Bonchev–Trinajstić information content (AvgIpc) is 2.72. The molecular formula is C10H15N5O4. The summed E-state index contributed by atoms with van der Waals surface area (Å²) in [6.45, 7) is 2.02. The van der Waals surface area contributed by atoms with Gasteiger partial charge in [-0.15, -0.1) is 0 Å². The van der Waals surface area contributed by atoms with Crippen molar-refractivity contribution in [2.24, 2.45) is 0 Å². The Labute approximate surface area is 108 Å². The molecule has 19 heavy (non-hydrogen) atoms. The number of aromatic amines is 1. The van der Waals surface area contributed by atoms with Gasteiger partial charge in [0, 0.05) is 6.92 Å². The maximum Gasteiger partial charge on any atom is 0.277 e. The molecule has 0 saturated carbocycles. The third-order valence-electron chi connectivity index (χ3n) is 2.42. The van der Waals surface area contributed by atoms with Crippen LogP contribution in [0.1, 0.15) is 6.92 Å². The van der Waals surface area contributed by atoms with E-state index in [4.69, 9.17) is 9.84 Å². The predicted molar refractivity (Wildman–Crippen MR) is 68.0 cm³/mol. The molecule has 1 aromatic rings. The van der Waals surface area contributed by atoms with Crippen molar-refractivity contribution >= 4 is 23.4 Å². The second-order valence-corrected chi connectivity index (χ2v) is 3.93. The molecule has 2 heterocycles. The number of hydrogen-bond donors (Lipinski definition) is 4. The highest BCUT2D eigenvalue weighted by Crippen LogP contribution is 2.25. The molecule has 2 rings (SSSR count). The molecule has 0 radical (unpaired) electrons. The first kappa shape index (κ1) is 13.3. The number of carbonyl (C=O) groups is 1. The number of rotatable bonds is 5. The summed E-state index contributed by atoms with van der Waals surface area (Å²) in [6.07, 6.45) is 0. The van der Waals surface area contributed by atoms with E-state index in [9.17, 15) is 9.59 Å². The molecule has 0 atom stereocenters. The van der Waals surface area contributed by atoms with Gasteiger partial charge in [0.25, 0.3) is 5.56 Å². The molecular weight excluding hydrogens is 254 g/mol. The van der Waals surface area contributed by atoms with Gasteiger partial charge >= 0.3 is 0 Å². The summed E-state index contributed by atoms with van der Waals surface area (Å²) < 4.78 is 5.18. The van der Waals surface area contributed by atoms with Crippen LogP contribution in [-0.2, 0) is 9.53 Å². The molecule has 1 aliphatic heterocycles. The molecule has 0 fully saturated rings. The van der Waals surface area contributed by atoms with Gasteiger partial charge in [0.2, 0.25) is 11.9 Å². The first-order valence-corrected chi connectivity index (χ1v) is 5.71. The Kier molecular flexibility index (Phi) is 3.97. The quantitative estimate of drug-likeness (QED) is 0.500. The number of aliphatic hydroxyl groups excluding tert-OH is 1. The molecule has 0 bridgehead atoms. The van der Waals surface area contributed by atoms with Crippen LogP contribution in [-0.4, -0.2) is 47.6 Å². The Morgan fingerprint density at radius 3 is 3.11 bits per heavy atom. The highest BCUT2D eigenvalue weighted by molar-refractivity contribution is 5.87. The Balaban J connectivity index is 2.19. The van der Waals surface area contributed by atoms with Crippen molar-refractivity contribution in [3.05, 3.63) is 10.4 Å². The second kappa shape index (κ2) is 5.67. The molecule has 0 saturated heterocycles. The Morgan fingerprint density at radius 1 is 1.63 bits per heavy atom. The second-order valence-electron chi connectivity index (χ2n) is 3.93. The van der Waals surface area contributed by atoms with E-state index in [0.29, 0.717) is 18.2 Å². The summed E-state index contributed by atoms with van der Waals surface area (Å²) in [4.78, 5) is 31.0. The van der Waals surface area contributed by atoms with E-state index in [0.717, 1.165) is 0 Å². The molecule has 1 aromatic heterocycles. The summed E-state index contributed by atoms with van der Waals surface area (Å²) in [7, 11) is 0. The molecule has 0 aliphatic carbocycles. The van der Waals surface area contributed by atoms with E-state index >= 15 is 0 Å². The lowest BCUT2D eigenvalue weighted by Gasteiger charge is -2.16. The number of aromatic nitrogens is 2. The minimum Gasteiger partial charge on any atom is -0.394 e. The normalized spacial score (nSPS) is 13.1. The van der Waals surface area contributed by atoms with Gasteiger partial charge < -0.3 is 20.1 Å². The van der Waals surface area contributed by atoms with E-state index in [1.807, 2.05) is 0 Å². The van der Waals surface area contributed by atoms with Gasteiger partial charge in [0.1, 0.15) is 12.4 Å². The standard InChI is InChI=1S/C10H15N5O4/c1-6(17)12-10-13-8-7(9(18)14-10)11-4-15(8)5-19-3-2-16/h11,16H,2-5H2,1H3,(H2,12,13,14,17,18). The van der Waals surface area contributed by atoms with Gasteiger partial charge in [-0.3, -0.25) is 19.9 Å². The number of carbonyl (C=O) groups excluding carboxylic acids is 1. The van der Waals surface area contributed by atoms with Gasteiger partial charge in [-0.25, -0.2) is 0 Å². The number of amides is 1. The SMILES string of the molecule is CC(=O)Nc1nc2c(c(=O)[nH]1)NCN2COCCO. The third-order valence-corrected chi connectivity index (χ3v) is 2.42. The summed E-state index contributed by atoms with van der Waals surface area (Å²) in [5.74, 6) is 0.176. The molecule has 0 unspecified atom stereocenters. The number of fused-ring (bicyclic) bond motifs is 1. The molecule has 1 aliphatic rings. The maximum absolute atomic E-state index is 11.8. The number of anilines is 3. The number of nitrogens with zero attached hydrogens (tertiary/aromatic N) is 2. The number of aliphatic hydroxyl groups is 1. The minimum absolute atomic E-state index is 0.0753. The lowest BCUT2D eigenvalue weighted by molar-refractivity contribution is -0.114. The molecule has 0 spiro atoms. The van der Waals surface area contributed by atoms with E-state index in [1.54, 1.807) is 4.90 Å². The molecule has 9 heteroatoms. The lowest BCUT2D eigenvalue weighted by atomic mass is 10.5. The molecule has 9 nitrogen and oxygen atoms in total. The van der Waals surface area contributed by atoms with Crippen LogP contribution < -0.4 is 21.1 Å². The lowest BCUT2D eigenvalue weighted by Crippen LogP contribution is -2.27. The Bertz CT molecular complexity index is 529. The monoisotopic (exact) mass is 269 g/mol. The molecule has 4 N–H and O–H groups in total. The molecule has 1 amide bonds. The third kappa shape index (κ3) is 3.01. The topological polar surface area (TPSA) is 120 Å². The summed E-state index contributed by atoms with van der Waals surface area (Å²) in [5.41, 5.74) is -0.0277. The van der Waals surface area contributed by atoms with Crippen LogP contribution in [0.25, 0.3) is 0 Å². The highest BCUT2D eigenvalue weighted by atomic mass is 16.5. The van der Waals surface area contributed by atoms with Crippen LogP contribution >= 0.6 is 0 Å². The van der Waals surface area contributed by atoms with Crippen molar-refractivity contribution in [2.75, 3.05) is 42.1 Å². The van der Waals surface area contributed by atoms with Gasteiger partial charge in [-0.05, 0) is 0 Å². The summed E-state index contributed by atoms with van der Waals surface area (Å²) >= 11 is 0. The number of nitrogens with one attached hydrogen (secondary N) is 3. The molecule has 0 aromatic carbocycles. The van der Waals surface area contributed by atoms with Crippen LogP contribution in [0.15, 0.2) is 4.79 Å². The molecule has 104 valence electrons. The van der Waals surface area contributed by atoms with Crippen molar-refractivity contribution in [1.82, 2.24) is 9.97 Å². The highest BCUT2D eigenvalue weighted by Gasteiger charge is 2.24. The van der Waals surface area contributed by atoms with Crippen LogP contribution in [0.5, 0.6) is 0 Å². The van der Waals surface area contributed by atoms with Crippen molar-refractivity contribution in [3.8, 4) is 0 Å². The van der Waals surface area contributed by atoms with E-state index in [1.165, 1.54) is 6.92 Å². The van der Waals surface area contributed by atoms with Gasteiger partial charge in [0.05, 0.1) is 19.9 Å². The van der Waals surface area contributed by atoms with Crippen LogP contribution in [0.3, 0.4) is 0 Å². The number of H-pyrrole nitrogens is 1. The first-order chi connectivity index (χ1) is 9.11. The van der Waals surface area contributed by atoms with Gasteiger partial charge in [-0.1, -0.05) is 0 Å². The predicted octanol–water partition coefficient (Wildman–Crippen LogP) is -1.12. The van der Waals surface area contributed by atoms with E-state index in [2.05, 4.69) is 20.6 Å². The number of hydrogen-bond acceptors (Lipinski definition) is 7. The van der Waals surface area contributed by atoms with Crippen LogP contribution in [0, 0.1) is 0 Å². The Hall–Kier alpha value is -2.13. The van der Waals surface area contributed by atoms with E-state index < -0.39 is 0 Å². The fraction of sp³-hybridized carbons (Fsp3) is 0.500.